The van der Waals surface area contributed by atoms with Crippen LogP contribution in [0.4, 0.5) is 4.79 Å². The van der Waals surface area contributed by atoms with Crippen LogP contribution in [-0.4, -0.2) is 30.4 Å². The Hall–Kier alpha value is -1.85. The molecule has 0 heterocycles. The molecule has 1 amide bonds. The van der Waals surface area contributed by atoms with Gasteiger partial charge in [0.25, 0.3) is 0 Å². The highest BCUT2D eigenvalue weighted by Gasteiger charge is 2.06. The third-order valence-electron chi connectivity index (χ3n) is 0.896. The number of carbonyl (C=O) groups is 2. The summed E-state index contributed by atoms with van der Waals surface area (Å²) in [5.74, 6) is -1.18. The quantitative estimate of drug-likeness (QED) is 0.270. The number of aliphatic carboxylic acids is 1. The number of carbonyl (C=O) groups excluding carboxylic acids is 1. The van der Waals surface area contributed by atoms with Crippen molar-refractivity contribution >= 4 is 18.8 Å². The molecular weight excluding hydrogens is 164 g/mol. The first-order valence-corrected chi connectivity index (χ1v) is 2.90. The molecule has 0 aromatic rings. The van der Waals surface area contributed by atoms with Crippen LogP contribution >= 0.6 is 0 Å². The summed E-state index contributed by atoms with van der Waals surface area (Å²) in [6, 6.07) is 0. The van der Waals surface area contributed by atoms with Gasteiger partial charge in [0.05, 0.1) is 6.54 Å². The lowest BCUT2D eigenvalue weighted by Crippen LogP contribution is -2.26. The van der Waals surface area contributed by atoms with Gasteiger partial charge in [-0.2, -0.15) is 0 Å². The summed E-state index contributed by atoms with van der Waals surface area (Å²) in [6.45, 7) is 5.87. The summed E-state index contributed by atoms with van der Waals surface area (Å²) in [4.78, 5) is 24.6. The predicted octanol–water partition coefficient (Wildman–Crippen LogP) is -0.0310. The normalized spacial score (nSPS) is 8.33. The lowest BCUT2D eigenvalue weighted by molar-refractivity contribution is -0.132. The number of nitrogens with one attached hydrogen (secondary N) is 1. The van der Waals surface area contributed by atoms with Crippen LogP contribution in [0.3, 0.4) is 0 Å². The van der Waals surface area contributed by atoms with Crippen molar-refractivity contribution in [3.05, 3.63) is 12.2 Å². The maximum atomic E-state index is 10.5. The molecule has 0 atom stereocenters. The van der Waals surface area contributed by atoms with Crippen LogP contribution in [0.2, 0.25) is 0 Å². The fraction of sp³-hybridized carbons (Fsp3) is 0.167. The van der Waals surface area contributed by atoms with Crippen molar-refractivity contribution in [2.75, 3.05) is 6.54 Å². The van der Waals surface area contributed by atoms with Crippen LogP contribution in [0.1, 0.15) is 0 Å². The molecule has 0 saturated carbocycles. The second kappa shape index (κ2) is 4.89. The van der Waals surface area contributed by atoms with Crippen LogP contribution < -0.4 is 5.32 Å². The van der Waals surface area contributed by atoms with E-state index in [1.165, 1.54) is 0 Å². The molecule has 0 aromatic heterocycles. The Morgan fingerprint density at radius 1 is 1.58 bits per heavy atom. The minimum absolute atomic E-state index is 0.143. The van der Waals surface area contributed by atoms with Crippen molar-refractivity contribution in [3.8, 4) is 0 Å². The fourth-order valence-electron chi connectivity index (χ4n) is 0.345. The fourth-order valence-corrected chi connectivity index (χ4v) is 0.345. The average molecular weight is 172 g/mol. The molecule has 12 heavy (non-hydrogen) atoms. The summed E-state index contributed by atoms with van der Waals surface area (Å²) < 4.78 is 0. The zero-order valence-electron chi connectivity index (χ0n) is 6.24. The van der Waals surface area contributed by atoms with Gasteiger partial charge in [-0.25, -0.2) is 9.59 Å². The lowest BCUT2D eigenvalue weighted by Gasteiger charge is -2.00. The largest absolute Gasteiger partial charge is 0.478 e. The summed E-state index contributed by atoms with van der Waals surface area (Å²) in [6.07, 6.45) is -0.868. The van der Waals surface area contributed by atoms with Crippen LogP contribution in [-0.2, 0) is 9.63 Å². The van der Waals surface area contributed by atoms with Gasteiger partial charge in [0.15, 0.2) is 0 Å². The number of hydrogen-bond donors (Lipinski definition) is 2. The monoisotopic (exact) mass is 172 g/mol. The van der Waals surface area contributed by atoms with E-state index in [0.29, 0.717) is 0 Å². The maximum absolute atomic E-state index is 10.5. The molecule has 0 aliphatic heterocycles. The molecular formula is C6H8N2O4. The van der Waals surface area contributed by atoms with E-state index < -0.39 is 12.1 Å². The van der Waals surface area contributed by atoms with Gasteiger partial charge < -0.3 is 10.4 Å². The minimum Gasteiger partial charge on any atom is -0.478 e. The maximum Gasteiger partial charge on any atom is 0.433 e. The smallest absolute Gasteiger partial charge is 0.433 e. The van der Waals surface area contributed by atoms with Gasteiger partial charge in [-0.3, -0.25) is 4.84 Å². The first-order valence-electron chi connectivity index (χ1n) is 2.90. The Balaban J connectivity index is 3.68. The third kappa shape index (κ3) is 4.04. The lowest BCUT2D eigenvalue weighted by atomic mass is 10.3. The Morgan fingerprint density at radius 2 is 2.17 bits per heavy atom. The van der Waals surface area contributed by atoms with Gasteiger partial charge in [-0.15, -0.1) is 0 Å². The molecule has 0 fully saturated rings. The van der Waals surface area contributed by atoms with Crippen molar-refractivity contribution in [1.29, 1.82) is 0 Å². The summed E-state index contributed by atoms with van der Waals surface area (Å²) in [5.41, 5.74) is -0.143. The molecule has 2 N–H and O–H groups in total. The molecule has 0 bridgehead atoms. The van der Waals surface area contributed by atoms with E-state index >= 15 is 0 Å². The molecule has 6 nitrogen and oxygen atoms in total. The Morgan fingerprint density at radius 3 is 2.58 bits per heavy atom. The highest BCUT2D eigenvalue weighted by molar-refractivity contribution is 5.87. The van der Waals surface area contributed by atoms with Crippen molar-refractivity contribution in [1.82, 2.24) is 5.32 Å². The van der Waals surface area contributed by atoms with E-state index in [4.69, 9.17) is 5.11 Å². The van der Waals surface area contributed by atoms with Crippen molar-refractivity contribution in [3.63, 3.8) is 0 Å². The van der Waals surface area contributed by atoms with Gasteiger partial charge in [0.2, 0.25) is 0 Å². The van der Waals surface area contributed by atoms with E-state index in [-0.39, 0.29) is 12.1 Å². The molecule has 0 aromatic carbocycles. The predicted molar refractivity (Wildman–Crippen MR) is 40.8 cm³/mol. The molecule has 0 rings (SSSR count). The molecule has 0 spiro atoms. The number of carboxylic acids is 1. The second-order valence-electron chi connectivity index (χ2n) is 1.77. The summed E-state index contributed by atoms with van der Waals surface area (Å²) in [5, 5.41) is 13.2. The average Bonchev–Trinajstić information content (AvgIpc) is 2.00. The molecule has 0 saturated heterocycles. The van der Waals surface area contributed by atoms with E-state index in [9.17, 15) is 9.59 Å². The number of hydrogen-bond acceptors (Lipinski definition) is 4. The van der Waals surface area contributed by atoms with Gasteiger partial charge in [-0.05, 0) is 0 Å². The van der Waals surface area contributed by atoms with Gasteiger partial charge in [0.1, 0.15) is 0 Å². The zero-order chi connectivity index (χ0) is 9.56. The Bertz CT molecular complexity index is 224. The third-order valence-corrected chi connectivity index (χ3v) is 0.896. The molecule has 0 unspecified atom stereocenters. The molecule has 66 valence electrons. The van der Waals surface area contributed by atoms with E-state index in [1.807, 2.05) is 0 Å². The minimum atomic E-state index is -1.18. The van der Waals surface area contributed by atoms with Crippen molar-refractivity contribution in [2.45, 2.75) is 0 Å². The first kappa shape index (κ1) is 10.2. The highest BCUT2D eigenvalue weighted by Crippen LogP contribution is 1.87. The second-order valence-corrected chi connectivity index (χ2v) is 1.77. The number of carboxylic acid groups (broad SMARTS) is 1. The number of nitrogens with zero attached hydrogens (tertiary/aromatic N) is 1. The molecule has 0 aliphatic carbocycles. The van der Waals surface area contributed by atoms with Crippen LogP contribution in [0.15, 0.2) is 17.3 Å². The standard InChI is InChI=1S/C6H8N2O4/c1-4(5(9)10)3-8-6(11)12-7-2/h1-3H2,(H,8,11)(H,9,10). The SMILES string of the molecule is C=NOC(=O)NCC(=C)C(=O)O. The van der Waals surface area contributed by atoms with Crippen molar-refractivity contribution < 1.29 is 19.5 Å². The van der Waals surface area contributed by atoms with Crippen LogP contribution in [0.25, 0.3) is 0 Å². The highest BCUT2D eigenvalue weighted by atomic mass is 16.7. The van der Waals surface area contributed by atoms with Gasteiger partial charge in [-0.1, -0.05) is 11.7 Å². The topological polar surface area (TPSA) is 88.0 Å². The van der Waals surface area contributed by atoms with Crippen LogP contribution in [0, 0.1) is 0 Å². The van der Waals surface area contributed by atoms with E-state index in [0.717, 1.165) is 0 Å². The first-order chi connectivity index (χ1) is 5.57. The van der Waals surface area contributed by atoms with Gasteiger partial charge >= 0.3 is 12.1 Å². The molecule has 0 aliphatic rings. The number of amides is 1. The van der Waals surface area contributed by atoms with Crippen molar-refractivity contribution in [2.24, 2.45) is 5.16 Å². The molecule has 0 radical (unpaired) electrons. The number of oxime groups is 1. The van der Waals surface area contributed by atoms with E-state index in [1.54, 1.807) is 0 Å². The molecule has 6 heteroatoms. The Kier molecular flexibility index (Phi) is 4.13. The summed E-state index contributed by atoms with van der Waals surface area (Å²) >= 11 is 0. The number of rotatable bonds is 4. The Labute approximate surface area is 68.5 Å². The van der Waals surface area contributed by atoms with Crippen LogP contribution in [0.5, 0.6) is 0 Å². The van der Waals surface area contributed by atoms with Gasteiger partial charge in [0, 0.05) is 12.3 Å². The van der Waals surface area contributed by atoms with E-state index in [2.05, 4.69) is 28.6 Å². The zero-order valence-corrected chi connectivity index (χ0v) is 6.24. The summed E-state index contributed by atoms with van der Waals surface area (Å²) in [7, 11) is 0.